The van der Waals surface area contributed by atoms with Gasteiger partial charge in [0.15, 0.2) is 0 Å². The molecule has 2 aliphatic rings. The Morgan fingerprint density at radius 3 is 3.05 bits per heavy atom. The van der Waals surface area contributed by atoms with Crippen molar-refractivity contribution in [1.29, 1.82) is 0 Å². The maximum Gasteiger partial charge on any atom is 0.241 e. The average Bonchev–Trinajstić information content (AvgIpc) is 2.80. The molecule has 6 heteroatoms. The Kier molecular flexibility index (Phi) is 4.03. The zero-order valence-corrected chi connectivity index (χ0v) is 11.5. The van der Waals surface area contributed by atoms with Crippen LogP contribution in [0.25, 0.3) is 0 Å². The standard InChI is InChI=1S/C14H21N3O3/c18-12-1-2-13-10(7-12)8-17(16-13)9-14(19)15-11-3-5-20-6-4-11/h8,11-12,18H,1-7,9H2,(H,15,19). The fourth-order valence-corrected chi connectivity index (χ4v) is 2.89. The molecule has 1 fully saturated rings. The molecule has 20 heavy (non-hydrogen) atoms. The van der Waals surface area contributed by atoms with Crippen molar-refractivity contribution in [2.75, 3.05) is 13.2 Å². The number of ether oxygens (including phenoxy) is 1. The highest BCUT2D eigenvalue weighted by atomic mass is 16.5. The molecule has 0 radical (unpaired) electrons. The fraction of sp³-hybridized carbons (Fsp3) is 0.714. The van der Waals surface area contributed by atoms with E-state index in [4.69, 9.17) is 4.74 Å². The number of aliphatic hydroxyl groups excluding tert-OH is 1. The van der Waals surface area contributed by atoms with Crippen LogP contribution in [-0.2, 0) is 28.9 Å². The van der Waals surface area contributed by atoms with E-state index in [2.05, 4.69) is 10.4 Å². The second kappa shape index (κ2) is 5.93. The molecule has 1 saturated heterocycles. The number of nitrogens with one attached hydrogen (secondary N) is 1. The van der Waals surface area contributed by atoms with Crippen LogP contribution in [0.15, 0.2) is 6.20 Å². The predicted molar refractivity (Wildman–Crippen MR) is 72.2 cm³/mol. The minimum Gasteiger partial charge on any atom is -0.393 e. The summed E-state index contributed by atoms with van der Waals surface area (Å²) in [5.74, 6) is -0.00250. The van der Waals surface area contributed by atoms with Crippen molar-refractivity contribution in [2.45, 2.75) is 50.8 Å². The number of rotatable bonds is 3. The van der Waals surface area contributed by atoms with E-state index in [1.165, 1.54) is 0 Å². The molecule has 1 aliphatic heterocycles. The van der Waals surface area contributed by atoms with Gasteiger partial charge in [-0.25, -0.2) is 0 Å². The van der Waals surface area contributed by atoms with Gasteiger partial charge in [0.05, 0.1) is 11.8 Å². The molecule has 1 aromatic rings. The molecule has 2 heterocycles. The van der Waals surface area contributed by atoms with Gasteiger partial charge in [-0.05, 0) is 31.2 Å². The molecule has 2 N–H and O–H groups in total. The van der Waals surface area contributed by atoms with E-state index < -0.39 is 0 Å². The number of amides is 1. The molecular weight excluding hydrogens is 258 g/mol. The van der Waals surface area contributed by atoms with Gasteiger partial charge < -0.3 is 15.2 Å². The number of aliphatic hydroxyl groups is 1. The molecule has 0 saturated carbocycles. The van der Waals surface area contributed by atoms with Crippen molar-refractivity contribution in [3.8, 4) is 0 Å². The lowest BCUT2D eigenvalue weighted by Gasteiger charge is -2.23. The Bertz CT molecular complexity index is 480. The first-order chi connectivity index (χ1) is 9.70. The van der Waals surface area contributed by atoms with E-state index in [1.807, 2.05) is 6.20 Å². The number of hydrogen-bond donors (Lipinski definition) is 2. The zero-order chi connectivity index (χ0) is 13.9. The number of fused-ring (bicyclic) bond motifs is 1. The first kappa shape index (κ1) is 13.6. The lowest BCUT2D eigenvalue weighted by atomic mass is 9.96. The second-order valence-corrected chi connectivity index (χ2v) is 5.65. The fourth-order valence-electron chi connectivity index (χ4n) is 2.89. The monoisotopic (exact) mass is 279 g/mol. The highest BCUT2D eigenvalue weighted by Crippen LogP contribution is 2.19. The molecule has 1 aromatic heterocycles. The van der Waals surface area contributed by atoms with Gasteiger partial charge in [0.1, 0.15) is 6.54 Å². The van der Waals surface area contributed by atoms with Crippen LogP contribution >= 0.6 is 0 Å². The smallest absolute Gasteiger partial charge is 0.241 e. The van der Waals surface area contributed by atoms with E-state index in [0.717, 1.165) is 50.2 Å². The number of nitrogens with zero attached hydrogens (tertiary/aromatic N) is 2. The summed E-state index contributed by atoms with van der Waals surface area (Å²) in [5.41, 5.74) is 2.09. The van der Waals surface area contributed by atoms with Crippen molar-refractivity contribution in [1.82, 2.24) is 15.1 Å². The van der Waals surface area contributed by atoms with Gasteiger partial charge in [-0.3, -0.25) is 9.48 Å². The minimum atomic E-state index is -0.267. The Labute approximate surface area is 118 Å². The quantitative estimate of drug-likeness (QED) is 0.818. The predicted octanol–water partition coefficient (Wildman–Crippen LogP) is 0.0279. The van der Waals surface area contributed by atoms with Crippen LogP contribution in [0.2, 0.25) is 0 Å². The number of hydrogen-bond acceptors (Lipinski definition) is 4. The lowest BCUT2D eigenvalue weighted by Crippen LogP contribution is -2.40. The normalized spacial score (nSPS) is 23.4. The molecule has 1 unspecified atom stereocenters. The molecular formula is C14H21N3O3. The maximum absolute atomic E-state index is 12.0. The summed E-state index contributed by atoms with van der Waals surface area (Å²) in [6.07, 6.45) is 5.60. The summed E-state index contributed by atoms with van der Waals surface area (Å²) in [7, 11) is 0. The summed E-state index contributed by atoms with van der Waals surface area (Å²) in [5, 5.41) is 17.1. The topological polar surface area (TPSA) is 76.4 Å². The molecule has 1 amide bonds. The van der Waals surface area contributed by atoms with Crippen molar-refractivity contribution < 1.29 is 14.6 Å². The van der Waals surface area contributed by atoms with Crippen LogP contribution in [-0.4, -0.2) is 46.2 Å². The zero-order valence-electron chi connectivity index (χ0n) is 11.5. The van der Waals surface area contributed by atoms with Crippen molar-refractivity contribution in [2.24, 2.45) is 0 Å². The van der Waals surface area contributed by atoms with Crippen LogP contribution in [0.1, 0.15) is 30.5 Å². The molecule has 0 bridgehead atoms. The first-order valence-electron chi connectivity index (χ1n) is 7.31. The third-order valence-electron chi connectivity index (χ3n) is 3.99. The summed E-state index contributed by atoms with van der Waals surface area (Å²) in [4.78, 5) is 12.0. The number of aryl methyl sites for hydroxylation is 1. The van der Waals surface area contributed by atoms with Crippen LogP contribution in [0.5, 0.6) is 0 Å². The van der Waals surface area contributed by atoms with E-state index in [-0.39, 0.29) is 24.6 Å². The highest BCUT2D eigenvalue weighted by Gasteiger charge is 2.21. The summed E-state index contributed by atoms with van der Waals surface area (Å²) >= 11 is 0. The van der Waals surface area contributed by atoms with Gasteiger partial charge in [-0.2, -0.15) is 5.10 Å². The lowest BCUT2D eigenvalue weighted by molar-refractivity contribution is -0.123. The summed E-state index contributed by atoms with van der Waals surface area (Å²) in [6.45, 7) is 1.69. The first-order valence-corrected chi connectivity index (χ1v) is 7.31. The second-order valence-electron chi connectivity index (χ2n) is 5.65. The molecule has 3 rings (SSSR count). The van der Waals surface area contributed by atoms with Gasteiger partial charge in [-0.15, -0.1) is 0 Å². The molecule has 1 atom stereocenters. The Balaban J connectivity index is 1.56. The molecule has 110 valence electrons. The summed E-state index contributed by atoms with van der Waals surface area (Å²) in [6, 6.07) is 0.225. The van der Waals surface area contributed by atoms with Gasteiger partial charge in [-0.1, -0.05) is 0 Å². The van der Waals surface area contributed by atoms with Crippen LogP contribution < -0.4 is 5.32 Å². The number of carbonyl (C=O) groups is 1. The van der Waals surface area contributed by atoms with Crippen LogP contribution in [0, 0.1) is 0 Å². The van der Waals surface area contributed by atoms with E-state index in [9.17, 15) is 9.90 Å². The SMILES string of the molecule is O=C(Cn1cc2c(n1)CCC(O)C2)NC1CCOCC1. The third-order valence-corrected chi connectivity index (χ3v) is 3.99. The summed E-state index contributed by atoms with van der Waals surface area (Å²) < 4.78 is 6.96. The van der Waals surface area contributed by atoms with Crippen molar-refractivity contribution in [3.63, 3.8) is 0 Å². The number of aromatic nitrogens is 2. The van der Waals surface area contributed by atoms with E-state index in [0.29, 0.717) is 6.42 Å². The van der Waals surface area contributed by atoms with Crippen molar-refractivity contribution >= 4 is 5.91 Å². The minimum absolute atomic E-state index is 0.00250. The third kappa shape index (κ3) is 3.19. The number of carbonyl (C=O) groups excluding carboxylic acids is 1. The van der Waals surface area contributed by atoms with Crippen LogP contribution in [0.4, 0.5) is 0 Å². The molecule has 0 spiro atoms. The van der Waals surface area contributed by atoms with Gasteiger partial charge >= 0.3 is 0 Å². The van der Waals surface area contributed by atoms with Gasteiger partial charge in [0.25, 0.3) is 0 Å². The van der Waals surface area contributed by atoms with E-state index in [1.54, 1.807) is 4.68 Å². The Hall–Kier alpha value is -1.40. The molecule has 1 aliphatic carbocycles. The highest BCUT2D eigenvalue weighted by molar-refractivity contribution is 5.76. The largest absolute Gasteiger partial charge is 0.393 e. The molecule has 6 nitrogen and oxygen atoms in total. The Morgan fingerprint density at radius 1 is 1.45 bits per heavy atom. The average molecular weight is 279 g/mol. The van der Waals surface area contributed by atoms with Gasteiger partial charge in [0.2, 0.25) is 5.91 Å². The van der Waals surface area contributed by atoms with Crippen molar-refractivity contribution in [3.05, 3.63) is 17.5 Å². The Morgan fingerprint density at radius 2 is 2.25 bits per heavy atom. The maximum atomic E-state index is 12.0. The molecule has 0 aromatic carbocycles. The van der Waals surface area contributed by atoms with Gasteiger partial charge in [0, 0.05) is 31.9 Å². The van der Waals surface area contributed by atoms with Crippen LogP contribution in [0.3, 0.4) is 0 Å². The van der Waals surface area contributed by atoms with E-state index >= 15 is 0 Å².